The second-order valence-corrected chi connectivity index (χ2v) is 9.07. The lowest BCUT2D eigenvalue weighted by Gasteiger charge is -2.27. The molecule has 1 aromatic carbocycles. The molecule has 2 aliphatic carbocycles. The van der Waals surface area contributed by atoms with Crippen LogP contribution >= 0.6 is 24.8 Å². The number of nitrogens with two attached hydrogens (primary N) is 1. The normalized spacial score (nSPS) is 20.2. The van der Waals surface area contributed by atoms with Gasteiger partial charge in [0.25, 0.3) is 0 Å². The van der Waals surface area contributed by atoms with E-state index in [-0.39, 0.29) is 24.8 Å². The Morgan fingerprint density at radius 3 is 2.38 bits per heavy atom. The van der Waals surface area contributed by atoms with Crippen molar-refractivity contribution in [2.45, 2.75) is 75.9 Å². The third-order valence-corrected chi connectivity index (χ3v) is 6.74. The summed E-state index contributed by atoms with van der Waals surface area (Å²) in [5, 5.41) is 15.9. The molecule has 8 nitrogen and oxygen atoms in total. The van der Waals surface area contributed by atoms with E-state index in [1.807, 2.05) is 30.6 Å². The third kappa shape index (κ3) is 5.72. The zero-order valence-corrected chi connectivity index (χ0v) is 20.7. The van der Waals surface area contributed by atoms with Crippen molar-refractivity contribution in [2.24, 2.45) is 5.73 Å². The number of rotatable bonds is 6. The predicted molar refractivity (Wildman–Crippen MR) is 140 cm³/mol. The van der Waals surface area contributed by atoms with Gasteiger partial charge in [0.05, 0.1) is 18.8 Å². The van der Waals surface area contributed by atoms with Gasteiger partial charge in [0.15, 0.2) is 17.0 Å². The van der Waals surface area contributed by atoms with E-state index >= 15 is 0 Å². The Labute approximate surface area is 212 Å². The molecule has 5 rings (SSSR count). The van der Waals surface area contributed by atoms with Crippen LogP contribution in [0.5, 0.6) is 0 Å². The SMILES string of the molecule is Cl.Cl.N#CCc1ccc(Nc2nc(NC3CCC(N)CC3)nc3c2ncn3C2CCCC2)cc1. The van der Waals surface area contributed by atoms with Crippen LogP contribution in [0.15, 0.2) is 30.6 Å². The number of halogens is 2. The summed E-state index contributed by atoms with van der Waals surface area (Å²) in [6.45, 7) is 0. The first-order valence-electron chi connectivity index (χ1n) is 11.7. The highest BCUT2D eigenvalue weighted by atomic mass is 35.5. The molecule has 2 heterocycles. The maximum atomic E-state index is 8.91. The van der Waals surface area contributed by atoms with Crippen molar-refractivity contribution in [2.75, 3.05) is 10.6 Å². The quantitative estimate of drug-likeness (QED) is 0.419. The average molecular weight is 503 g/mol. The molecule has 2 fully saturated rings. The molecular formula is C24H32Cl2N8. The fraction of sp³-hybridized carbons (Fsp3) is 0.500. The number of imidazole rings is 1. The Morgan fingerprint density at radius 1 is 1.00 bits per heavy atom. The molecule has 0 atom stereocenters. The molecule has 0 saturated heterocycles. The van der Waals surface area contributed by atoms with Gasteiger partial charge in [-0.15, -0.1) is 24.8 Å². The molecule has 182 valence electrons. The lowest BCUT2D eigenvalue weighted by Crippen LogP contribution is -2.33. The second kappa shape index (κ2) is 11.7. The largest absolute Gasteiger partial charge is 0.351 e. The molecule has 0 radical (unpaired) electrons. The van der Waals surface area contributed by atoms with Crippen LogP contribution in [0.1, 0.15) is 63.0 Å². The van der Waals surface area contributed by atoms with E-state index < -0.39 is 0 Å². The second-order valence-electron chi connectivity index (χ2n) is 9.07. The molecule has 4 N–H and O–H groups in total. The van der Waals surface area contributed by atoms with Crippen molar-refractivity contribution in [1.29, 1.82) is 5.26 Å². The van der Waals surface area contributed by atoms with Crippen molar-refractivity contribution < 1.29 is 0 Å². The van der Waals surface area contributed by atoms with Crippen LogP contribution in [-0.2, 0) is 6.42 Å². The van der Waals surface area contributed by atoms with E-state index in [1.165, 1.54) is 25.7 Å². The molecule has 2 aromatic heterocycles. The monoisotopic (exact) mass is 502 g/mol. The Balaban J connectivity index is 0.00000162. The molecule has 2 saturated carbocycles. The summed E-state index contributed by atoms with van der Waals surface area (Å²) < 4.78 is 2.23. The van der Waals surface area contributed by atoms with Crippen LogP contribution in [0.3, 0.4) is 0 Å². The summed E-state index contributed by atoms with van der Waals surface area (Å²) in [6.07, 6.45) is 11.3. The highest BCUT2D eigenvalue weighted by molar-refractivity contribution is 5.87. The fourth-order valence-corrected chi connectivity index (χ4v) is 4.90. The van der Waals surface area contributed by atoms with Crippen LogP contribution < -0.4 is 16.4 Å². The number of nitriles is 1. The van der Waals surface area contributed by atoms with Gasteiger partial charge < -0.3 is 20.9 Å². The Kier molecular flexibility index (Phi) is 8.95. The highest BCUT2D eigenvalue weighted by Crippen LogP contribution is 2.34. The van der Waals surface area contributed by atoms with Crippen molar-refractivity contribution in [3.8, 4) is 6.07 Å². The summed E-state index contributed by atoms with van der Waals surface area (Å²) in [4.78, 5) is 14.4. The minimum Gasteiger partial charge on any atom is -0.351 e. The van der Waals surface area contributed by atoms with E-state index in [2.05, 4.69) is 21.3 Å². The first-order valence-corrected chi connectivity index (χ1v) is 11.7. The summed E-state index contributed by atoms with van der Waals surface area (Å²) >= 11 is 0. The van der Waals surface area contributed by atoms with Gasteiger partial charge in [0.1, 0.15) is 0 Å². The minimum absolute atomic E-state index is 0. The van der Waals surface area contributed by atoms with Crippen LogP contribution in [0.25, 0.3) is 11.2 Å². The van der Waals surface area contributed by atoms with Crippen molar-refractivity contribution in [3.05, 3.63) is 36.2 Å². The van der Waals surface area contributed by atoms with Crippen LogP contribution in [0, 0.1) is 11.3 Å². The topological polar surface area (TPSA) is 117 Å². The average Bonchev–Trinajstić information content (AvgIpc) is 3.47. The number of nitrogens with one attached hydrogen (secondary N) is 2. The van der Waals surface area contributed by atoms with E-state index in [9.17, 15) is 0 Å². The third-order valence-electron chi connectivity index (χ3n) is 6.74. The molecule has 0 bridgehead atoms. The zero-order valence-electron chi connectivity index (χ0n) is 19.1. The molecule has 0 amide bonds. The van der Waals surface area contributed by atoms with Gasteiger partial charge in [-0.25, -0.2) is 4.98 Å². The first-order chi connectivity index (χ1) is 15.7. The smallest absolute Gasteiger partial charge is 0.227 e. The Morgan fingerprint density at radius 2 is 1.71 bits per heavy atom. The summed E-state index contributed by atoms with van der Waals surface area (Å²) in [6, 6.07) is 11.2. The van der Waals surface area contributed by atoms with Gasteiger partial charge in [-0.3, -0.25) is 0 Å². The lowest BCUT2D eigenvalue weighted by molar-refractivity contribution is 0.410. The summed E-state index contributed by atoms with van der Waals surface area (Å²) in [5.41, 5.74) is 9.66. The van der Waals surface area contributed by atoms with E-state index in [1.54, 1.807) is 0 Å². The number of anilines is 3. The van der Waals surface area contributed by atoms with E-state index in [4.69, 9.17) is 25.9 Å². The first kappa shape index (κ1) is 26.0. The molecule has 0 aliphatic heterocycles. The lowest BCUT2D eigenvalue weighted by atomic mass is 9.92. The van der Waals surface area contributed by atoms with Gasteiger partial charge in [-0.1, -0.05) is 25.0 Å². The molecule has 10 heteroatoms. The molecule has 0 spiro atoms. The maximum absolute atomic E-state index is 8.91. The highest BCUT2D eigenvalue weighted by Gasteiger charge is 2.24. The van der Waals surface area contributed by atoms with Crippen LogP contribution in [0.4, 0.5) is 17.5 Å². The number of benzene rings is 1. The predicted octanol–water partition coefficient (Wildman–Crippen LogP) is 5.28. The van der Waals surface area contributed by atoms with Crippen LogP contribution in [0.2, 0.25) is 0 Å². The van der Waals surface area contributed by atoms with E-state index in [0.717, 1.165) is 48.1 Å². The summed E-state index contributed by atoms with van der Waals surface area (Å²) in [7, 11) is 0. The van der Waals surface area contributed by atoms with Crippen molar-refractivity contribution in [3.63, 3.8) is 0 Å². The standard InChI is InChI=1S/C24H30N8.2ClH/c25-14-13-16-5-9-18(10-6-16)28-22-21-23(32(15-27-21)20-3-1-2-4-20)31-24(30-22)29-19-11-7-17(26)8-12-19;;/h5-6,9-10,15,17,19-20H,1-4,7-8,11-13,26H2,(H2,28,29,30,31);2*1H. The summed E-state index contributed by atoms with van der Waals surface area (Å²) in [5.74, 6) is 1.34. The van der Waals surface area contributed by atoms with Gasteiger partial charge in [0, 0.05) is 23.8 Å². The molecular weight excluding hydrogens is 471 g/mol. The van der Waals surface area contributed by atoms with Gasteiger partial charge in [-0.05, 0) is 56.2 Å². The van der Waals surface area contributed by atoms with Crippen molar-refractivity contribution in [1.82, 2.24) is 19.5 Å². The molecule has 3 aromatic rings. The Hall–Kier alpha value is -2.60. The minimum atomic E-state index is 0. The number of hydrogen-bond donors (Lipinski definition) is 3. The maximum Gasteiger partial charge on any atom is 0.227 e. The molecule has 2 aliphatic rings. The Bertz CT molecular complexity index is 1110. The van der Waals surface area contributed by atoms with Crippen LogP contribution in [-0.4, -0.2) is 31.6 Å². The molecule has 34 heavy (non-hydrogen) atoms. The van der Waals surface area contributed by atoms with Gasteiger partial charge in [0.2, 0.25) is 5.95 Å². The van der Waals surface area contributed by atoms with Gasteiger partial charge in [-0.2, -0.15) is 15.2 Å². The molecule has 0 unspecified atom stereocenters. The number of fused-ring (bicyclic) bond motifs is 1. The zero-order chi connectivity index (χ0) is 21.9. The number of nitrogens with zero attached hydrogens (tertiary/aromatic N) is 5. The number of hydrogen-bond acceptors (Lipinski definition) is 7. The fourth-order valence-electron chi connectivity index (χ4n) is 4.90. The van der Waals surface area contributed by atoms with Gasteiger partial charge >= 0.3 is 0 Å². The number of aromatic nitrogens is 4. The van der Waals surface area contributed by atoms with Crippen molar-refractivity contribution >= 4 is 53.4 Å². The van der Waals surface area contributed by atoms with E-state index in [0.29, 0.717) is 36.3 Å².